The summed E-state index contributed by atoms with van der Waals surface area (Å²) in [6, 6.07) is 13.4. The number of esters is 1. The van der Waals surface area contributed by atoms with Gasteiger partial charge < -0.3 is 34.1 Å². The van der Waals surface area contributed by atoms with Crippen LogP contribution in [0, 0.1) is 10.1 Å². The van der Waals surface area contributed by atoms with Crippen LogP contribution in [0.2, 0.25) is 5.02 Å². The van der Waals surface area contributed by atoms with Crippen molar-refractivity contribution in [3.8, 4) is 22.6 Å². The van der Waals surface area contributed by atoms with E-state index >= 15 is 0 Å². The maximum absolute atomic E-state index is 12.4. The Balaban J connectivity index is 1.57. The number of benzene rings is 2. The molecule has 2 heterocycles. The van der Waals surface area contributed by atoms with Crippen molar-refractivity contribution in [2.45, 2.75) is 26.4 Å². The van der Waals surface area contributed by atoms with Crippen molar-refractivity contribution in [3.63, 3.8) is 0 Å². The summed E-state index contributed by atoms with van der Waals surface area (Å²) in [5.74, 6) is -0.732. The van der Waals surface area contributed by atoms with Crippen LogP contribution in [0.25, 0.3) is 11.1 Å². The molecule has 3 aromatic rings. The van der Waals surface area contributed by atoms with Crippen molar-refractivity contribution in [1.82, 2.24) is 9.88 Å². The van der Waals surface area contributed by atoms with Gasteiger partial charge in [-0.1, -0.05) is 29.8 Å². The molecule has 0 saturated carbocycles. The molecule has 2 aromatic carbocycles. The molecule has 0 radical (unpaired) electrons. The van der Waals surface area contributed by atoms with E-state index in [1.165, 1.54) is 25.4 Å². The van der Waals surface area contributed by atoms with Crippen LogP contribution in [0.3, 0.4) is 0 Å². The molecule has 0 atom stereocenters. The number of halogens is 1. The van der Waals surface area contributed by atoms with Crippen LogP contribution in [0.1, 0.15) is 31.1 Å². The number of piperazine rings is 1. The molecule has 1 aromatic heterocycles. The first kappa shape index (κ1) is 28.6. The Kier molecular flexibility index (Phi) is 8.43. The van der Waals surface area contributed by atoms with Crippen molar-refractivity contribution in [1.29, 1.82) is 0 Å². The molecule has 11 nitrogen and oxygen atoms in total. The van der Waals surface area contributed by atoms with Crippen LogP contribution in [0.5, 0.6) is 11.5 Å². The molecule has 1 aliphatic rings. The normalized spacial score (nSPS) is 13.5. The third kappa shape index (κ3) is 6.60. The first-order valence-corrected chi connectivity index (χ1v) is 12.9. The maximum Gasteiger partial charge on any atom is 0.410 e. The van der Waals surface area contributed by atoms with Gasteiger partial charge in [0, 0.05) is 43.5 Å². The van der Waals surface area contributed by atoms with Crippen LogP contribution < -0.4 is 9.64 Å². The lowest BCUT2D eigenvalue weighted by atomic mass is 10.0. The minimum atomic E-state index is -0.687. The summed E-state index contributed by atoms with van der Waals surface area (Å²) < 4.78 is 16.3. The fourth-order valence-electron chi connectivity index (χ4n) is 4.17. The Morgan fingerprint density at radius 1 is 1.02 bits per heavy atom. The van der Waals surface area contributed by atoms with Gasteiger partial charge >= 0.3 is 17.9 Å². The summed E-state index contributed by atoms with van der Waals surface area (Å²) in [6.45, 7) is 7.80. The standard InChI is InChI=1S/C28H29ClN4O7/c1-28(2,3)40-27(35)32-14-12-31(13-15-32)19-10-8-18(9-11-19)20-16-24(33(36)37)30-17-23(20)39-22-7-5-6-21(29)25(22)26(34)38-4/h5-11,16-17H,12-15H2,1-4H3. The number of amides is 1. The number of hydrogen-bond acceptors (Lipinski definition) is 9. The van der Waals surface area contributed by atoms with E-state index in [2.05, 4.69) is 9.88 Å². The topological polar surface area (TPSA) is 124 Å². The number of methoxy groups -OCH3 is 1. The Morgan fingerprint density at radius 2 is 1.70 bits per heavy atom. The van der Waals surface area contributed by atoms with Crippen LogP contribution in [-0.4, -0.2) is 65.8 Å². The van der Waals surface area contributed by atoms with Gasteiger partial charge in [-0.2, -0.15) is 0 Å². The molecule has 0 spiro atoms. The predicted octanol–water partition coefficient (Wildman–Crippen LogP) is 5.95. The third-order valence-corrected chi connectivity index (χ3v) is 6.41. The number of pyridine rings is 1. The molecule has 12 heteroatoms. The predicted molar refractivity (Wildman–Crippen MR) is 149 cm³/mol. The van der Waals surface area contributed by atoms with Gasteiger partial charge in [-0.05, 0) is 60.5 Å². The minimum absolute atomic E-state index is 0.0249. The lowest BCUT2D eigenvalue weighted by Crippen LogP contribution is -2.50. The highest BCUT2D eigenvalue weighted by Crippen LogP contribution is 2.38. The molecule has 40 heavy (non-hydrogen) atoms. The van der Waals surface area contributed by atoms with Gasteiger partial charge in [0.1, 0.15) is 16.9 Å². The smallest absolute Gasteiger partial charge is 0.410 e. The number of anilines is 1. The van der Waals surface area contributed by atoms with Crippen molar-refractivity contribution < 1.29 is 28.7 Å². The zero-order chi connectivity index (χ0) is 29.0. The molecule has 0 N–H and O–H groups in total. The van der Waals surface area contributed by atoms with E-state index in [1.807, 2.05) is 45.0 Å². The van der Waals surface area contributed by atoms with Crippen LogP contribution in [-0.2, 0) is 9.47 Å². The van der Waals surface area contributed by atoms with Gasteiger partial charge in [0.15, 0.2) is 11.9 Å². The lowest BCUT2D eigenvalue weighted by Gasteiger charge is -2.36. The van der Waals surface area contributed by atoms with E-state index in [0.29, 0.717) is 37.3 Å². The molecule has 1 saturated heterocycles. The second-order valence-corrected chi connectivity index (χ2v) is 10.4. The molecule has 4 rings (SSSR count). The van der Waals surface area contributed by atoms with E-state index in [-0.39, 0.29) is 34.0 Å². The number of ether oxygens (including phenoxy) is 3. The van der Waals surface area contributed by atoms with E-state index in [9.17, 15) is 19.7 Å². The number of rotatable bonds is 6. The van der Waals surface area contributed by atoms with E-state index < -0.39 is 16.5 Å². The summed E-state index contributed by atoms with van der Waals surface area (Å²) in [5.41, 5.74) is 1.44. The molecule has 210 valence electrons. The summed E-state index contributed by atoms with van der Waals surface area (Å²) in [5, 5.41) is 11.6. The Bertz CT molecular complexity index is 1420. The Hall–Kier alpha value is -4.38. The largest absolute Gasteiger partial charge is 0.465 e. The van der Waals surface area contributed by atoms with Gasteiger partial charge in [-0.15, -0.1) is 0 Å². The van der Waals surface area contributed by atoms with Crippen LogP contribution >= 0.6 is 11.6 Å². The number of carbonyl (C=O) groups excluding carboxylic acids is 2. The summed E-state index contributed by atoms with van der Waals surface area (Å²) >= 11 is 6.22. The van der Waals surface area contributed by atoms with Crippen molar-refractivity contribution in [2.75, 3.05) is 38.2 Å². The summed E-state index contributed by atoms with van der Waals surface area (Å²) in [4.78, 5) is 43.3. The van der Waals surface area contributed by atoms with Crippen molar-refractivity contribution in [3.05, 3.63) is 75.4 Å². The Morgan fingerprint density at radius 3 is 2.30 bits per heavy atom. The highest BCUT2D eigenvalue weighted by atomic mass is 35.5. The first-order chi connectivity index (χ1) is 19.0. The van der Waals surface area contributed by atoms with Crippen molar-refractivity contribution >= 4 is 35.2 Å². The quantitative estimate of drug-likeness (QED) is 0.201. The monoisotopic (exact) mass is 568 g/mol. The molecule has 0 aliphatic carbocycles. The van der Waals surface area contributed by atoms with Gasteiger partial charge in [0.25, 0.3) is 0 Å². The van der Waals surface area contributed by atoms with Crippen molar-refractivity contribution in [2.24, 2.45) is 0 Å². The minimum Gasteiger partial charge on any atom is -0.465 e. The van der Waals surface area contributed by atoms with Crippen LogP contribution in [0.4, 0.5) is 16.3 Å². The highest BCUT2D eigenvalue weighted by molar-refractivity contribution is 6.34. The Labute approximate surface area is 236 Å². The number of aromatic nitrogens is 1. The van der Waals surface area contributed by atoms with Gasteiger partial charge in [-0.25, -0.2) is 9.59 Å². The highest BCUT2D eigenvalue weighted by Gasteiger charge is 2.26. The van der Waals surface area contributed by atoms with E-state index in [1.54, 1.807) is 17.0 Å². The van der Waals surface area contributed by atoms with Gasteiger partial charge in [0.2, 0.25) is 0 Å². The lowest BCUT2D eigenvalue weighted by molar-refractivity contribution is -0.389. The van der Waals surface area contributed by atoms with Gasteiger partial charge in [0.05, 0.1) is 12.1 Å². The van der Waals surface area contributed by atoms with E-state index in [4.69, 9.17) is 25.8 Å². The number of carbonyl (C=O) groups is 2. The van der Waals surface area contributed by atoms with E-state index in [0.717, 1.165) is 5.69 Å². The maximum atomic E-state index is 12.4. The summed E-state index contributed by atoms with van der Waals surface area (Å²) in [6.07, 6.45) is 0.906. The molecule has 0 unspecified atom stereocenters. The molecule has 0 bridgehead atoms. The summed E-state index contributed by atoms with van der Waals surface area (Å²) in [7, 11) is 1.23. The number of hydrogen-bond donors (Lipinski definition) is 0. The second-order valence-electron chi connectivity index (χ2n) is 10.0. The number of nitrogens with zero attached hydrogens (tertiary/aromatic N) is 4. The van der Waals surface area contributed by atoms with Gasteiger partial charge in [-0.3, -0.25) is 0 Å². The van der Waals surface area contributed by atoms with Crippen LogP contribution in [0.15, 0.2) is 54.7 Å². The average Bonchev–Trinajstić information content (AvgIpc) is 2.92. The molecule has 1 amide bonds. The SMILES string of the molecule is COC(=O)c1c(Cl)cccc1Oc1cnc([N+](=O)[O-])cc1-c1ccc(N2CCN(C(=O)OC(C)(C)C)CC2)cc1. The first-order valence-electron chi connectivity index (χ1n) is 12.5. The molecule has 1 aliphatic heterocycles. The zero-order valence-electron chi connectivity index (χ0n) is 22.5. The fraction of sp³-hybridized carbons (Fsp3) is 0.321. The fourth-order valence-corrected chi connectivity index (χ4v) is 4.42. The molecular weight excluding hydrogens is 540 g/mol. The molecule has 1 fully saturated rings. The molecular formula is C28H29ClN4O7. The third-order valence-electron chi connectivity index (χ3n) is 6.10. The zero-order valence-corrected chi connectivity index (χ0v) is 23.3. The second kappa shape index (κ2) is 11.8. The average molecular weight is 569 g/mol. The number of nitro groups is 1.